The third kappa shape index (κ3) is 6.39. The van der Waals surface area contributed by atoms with Crippen LogP contribution in [0.1, 0.15) is 32.6 Å². The van der Waals surface area contributed by atoms with Crippen LogP contribution in [0.15, 0.2) is 0 Å². The van der Waals surface area contributed by atoms with Gasteiger partial charge in [0.25, 0.3) is 0 Å². The van der Waals surface area contributed by atoms with Crippen molar-refractivity contribution in [2.45, 2.75) is 32.6 Å². The Labute approximate surface area is 75.8 Å². The molecule has 1 amide bonds. The Bertz CT molecular complexity index is 95.6. The summed E-state index contributed by atoms with van der Waals surface area (Å²) < 4.78 is 0.885. The average molecular weight is 248 g/mol. The molecule has 0 aromatic rings. The molecule has 0 saturated heterocycles. The first-order chi connectivity index (χ1) is 4.81. The number of carbonyl (C=O) groups excluding carboxylic acids is 1. The Hall–Kier alpha value is 0.269. The van der Waals surface area contributed by atoms with Crippen molar-refractivity contribution in [1.82, 2.24) is 5.32 Å². The molecule has 10 heavy (non-hydrogen) atoms. The minimum absolute atomic E-state index is 0.223. The fraction of sp³-hybridized carbons (Fsp3) is 0.857. The Kier molecular flexibility index (Phi) is 7.57. The van der Waals surface area contributed by atoms with Crippen LogP contribution in [0.5, 0.6) is 0 Å². The third-order valence-electron chi connectivity index (χ3n) is 1.31. The molecule has 0 aliphatic heterocycles. The summed E-state index contributed by atoms with van der Waals surface area (Å²) in [5, 5.41) is 2.82. The molecule has 0 aliphatic carbocycles. The molecule has 0 fully saturated rings. The number of hydrogen-bond donors (Lipinski definition) is 1. The topological polar surface area (TPSA) is 29.1 Å². The van der Waals surface area contributed by atoms with E-state index >= 15 is 0 Å². The van der Waals surface area contributed by atoms with Gasteiger partial charge in [-0.25, -0.2) is 0 Å². The summed E-state index contributed by atoms with van der Waals surface area (Å²) in [6.45, 7) is 2.14. The second-order valence-corrected chi connectivity index (χ2v) is 3.43. The third-order valence-corrected chi connectivity index (χ3v) is 1.89. The van der Waals surface area contributed by atoms with E-state index in [4.69, 9.17) is 0 Å². The van der Waals surface area contributed by atoms with E-state index in [9.17, 15) is 4.79 Å². The summed E-state index contributed by atoms with van der Waals surface area (Å²) >= 11 is 1.12. The molecule has 3 heteroatoms. The van der Waals surface area contributed by atoms with Crippen molar-refractivity contribution in [3.63, 3.8) is 0 Å². The van der Waals surface area contributed by atoms with Gasteiger partial charge in [-0.1, -0.05) is 0 Å². The van der Waals surface area contributed by atoms with Gasteiger partial charge >= 0.3 is 75.7 Å². The quantitative estimate of drug-likeness (QED) is 0.558. The molecule has 0 aliphatic rings. The van der Waals surface area contributed by atoms with Gasteiger partial charge in [-0.3, -0.25) is 0 Å². The second-order valence-electron chi connectivity index (χ2n) is 2.26. The zero-order valence-electron chi connectivity index (χ0n) is 6.52. The maximum atomic E-state index is 10.8. The van der Waals surface area contributed by atoms with E-state index < -0.39 is 0 Å². The van der Waals surface area contributed by atoms with Gasteiger partial charge in [0.1, 0.15) is 0 Å². The number of amides is 1. The van der Waals surface area contributed by atoms with E-state index in [-0.39, 0.29) is 5.91 Å². The molecule has 2 nitrogen and oxygen atoms in total. The fourth-order valence-electron chi connectivity index (χ4n) is 0.738. The fourth-order valence-corrected chi connectivity index (χ4v) is 1.39. The van der Waals surface area contributed by atoms with Gasteiger partial charge in [0, 0.05) is 0 Å². The number of unbranched alkanes of at least 4 members (excludes halogenated alkanes) is 2. The molecule has 58 valence electrons. The molecular weight excluding hydrogens is 233 g/mol. The van der Waals surface area contributed by atoms with Crippen LogP contribution in [0.25, 0.3) is 0 Å². The van der Waals surface area contributed by atoms with Crippen molar-refractivity contribution >= 4 is 28.4 Å². The van der Waals surface area contributed by atoms with Crippen molar-refractivity contribution in [1.29, 1.82) is 0 Å². The van der Waals surface area contributed by atoms with Crippen molar-refractivity contribution in [2.75, 3.05) is 4.56 Å². The SMILES string of the molecule is CCCCCC(=O)N[CH2][SnH]. The summed E-state index contributed by atoms with van der Waals surface area (Å²) in [6, 6.07) is 0. The summed E-state index contributed by atoms with van der Waals surface area (Å²) in [6.07, 6.45) is 4.12. The van der Waals surface area contributed by atoms with Crippen molar-refractivity contribution in [2.24, 2.45) is 0 Å². The number of hydrogen-bond acceptors (Lipinski definition) is 1. The molecule has 0 spiro atoms. The number of carbonyl (C=O) groups is 1. The van der Waals surface area contributed by atoms with Gasteiger partial charge < -0.3 is 0 Å². The van der Waals surface area contributed by atoms with Crippen LogP contribution in [0.4, 0.5) is 0 Å². The van der Waals surface area contributed by atoms with Crippen LogP contribution in [0.3, 0.4) is 0 Å². The standard InChI is InChI=1S/C7H14NO.Sn.H/c1-3-4-5-6-7(9)8-2;;/h2-6H2,1H3,(H,8,9);;. The predicted molar refractivity (Wildman–Crippen MR) is 44.3 cm³/mol. The summed E-state index contributed by atoms with van der Waals surface area (Å²) in [4.78, 5) is 10.8. The van der Waals surface area contributed by atoms with Crippen molar-refractivity contribution < 1.29 is 4.79 Å². The van der Waals surface area contributed by atoms with E-state index in [1.165, 1.54) is 12.8 Å². The number of nitrogens with one attached hydrogen (secondary N) is 1. The Morgan fingerprint density at radius 2 is 2.20 bits per heavy atom. The molecule has 2 radical (unpaired) electrons. The molecule has 0 unspecified atom stereocenters. The molecule has 0 rings (SSSR count). The van der Waals surface area contributed by atoms with E-state index in [2.05, 4.69) is 12.2 Å². The van der Waals surface area contributed by atoms with E-state index in [0.29, 0.717) is 6.42 Å². The van der Waals surface area contributed by atoms with Crippen LogP contribution in [-0.2, 0) is 4.79 Å². The summed E-state index contributed by atoms with van der Waals surface area (Å²) in [7, 11) is 0. The predicted octanol–water partition coefficient (Wildman–Crippen LogP) is 0.541. The zero-order chi connectivity index (χ0) is 7.82. The molecular formula is C7H15NOSn. The van der Waals surface area contributed by atoms with Crippen molar-refractivity contribution in [3.05, 3.63) is 0 Å². The molecule has 0 saturated carbocycles. The normalized spacial score (nSPS) is 9.40. The van der Waals surface area contributed by atoms with Gasteiger partial charge in [-0.2, -0.15) is 0 Å². The summed E-state index contributed by atoms with van der Waals surface area (Å²) in [5.74, 6) is 0.223. The molecule has 0 atom stereocenters. The first-order valence-electron chi connectivity index (χ1n) is 3.78. The molecule has 0 heterocycles. The molecule has 0 aromatic carbocycles. The van der Waals surface area contributed by atoms with Gasteiger partial charge in [-0.15, -0.1) is 0 Å². The van der Waals surface area contributed by atoms with Crippen LogP contribution >= 0.6 is 0 Å². The van der Waals surface area contributed by atoms with Gasteiger partial charge in [0.05, 0.1) is 0 Å². The monoisotopic (exact) mass is 249 g/mol. The van der Waals surface area contributed by atoms with E-state index in [0.717, 1.165) is 33.5 Å². The van der Waals surface area contributed by atoms with Crippen LogP contribution < -0.4 is 5.32 Å². The number of rotatable bonds is 5. The van der Waals surface area contributed by atoms with E-state index in [1.807, 2.05) is 0 Å². The molecule has 0 aromatic heterocycles. The van der Waals surface area contributed by atoms with E-state index in [1.54, 1.807) is 0 Å². The van der Waals surface area contributed by atoms with Gasteiger partial charge in [0.2, 0.25) is 0 Å². The Balaban J connectivity index is 3.05. The molecule has 1 N–H and O–H groups in total. The van der Waals surface area contributed by atoms with Crippen LogP contribution in [0.2, 0.25) is 0 Å². The van der Waals surface area contributed by atoms with Crippen molar-refractivity contribution in [3.8, 4) is 0 Å². The Morgan fingerprint density at radius 3 is 2.70 bits per heavy atom. The zero-order valence-corrected chi connectivity index (χ0v) is 9.82. The van der Waals surface area contributed by atoms with Gasteiger partial charge in [-0.05, 0) is 0 Å². The minimum atomic E-state index is 0.223. The second kappa shape index (κ2) is 7.38. The maximum absolute atomic E-state index is 10.8. The van der Waals surface area contributed by atoms with Crippen LogP contribution in [-0.4, -0.2) is 33.0 Å². The van der Waals surface area contributed by atoms with Gasteiger partial charge in [0.15, 0.2) is 0 Å². The average Bonchev–Trinajstić information content (AvgIpc) is 1.89. The molecule has 0 bridgehead atoms. The van der Waals surface area contributed by atoms with Crippen LogP contribution in [0, 0.1) is 0 Å². The first kappa shape index (κ1) is 10.3. The Morgan fingerprint density at radius 1 is 1.50 bits per heavy atom. The summed E-state index contributed by atoms with van der Waals surface area (Å²) in [5.41, 5.74) is 0. The first-order valence-corrected chi connectivity index (χ1v) is 6.11.